The van der Waals surface area contributed by atoms with Gasteiger partial charge in [0.15, 0.2) is 5.78 Å². The van der Waals surface area contributed by atoms with Gasteiger partial charge in [0.1, 0.15) is 5.60 Å². The average molecular weight is 180 g/mol. The van der Waals surface area contributed by atoms with E-state index in [9.17, 15) is 9.90 Å². The van der Waals surface area contributed by atoms with Gasteiger partial charge in [0, 0.05) is 11.3 Å². The third-order valence-electron chi connectivity index (χ3n) is 4.22. The zero-order valence-corrected chi connectivity index (χ0v) is 8.42. The van der Waals surface area contributed by atoms with Gasteiger partial charge in [0.05, 0.1) is 0 Å². The highest BCUT2D eigenvalue weighted by molar-refractivity contribution is 5.95. The summed E-state index contributed by atoms with van der Waals surface area (Å²) in [5.41, 5.74) is -0.516. The maximum Gasteiger partial charge on any atom is 0.168 e. The fourth-order valence-electron chi connectivity index (χ4n) is 2.87. The fourth-order valence-corrected chi connectivity index (χ4v) is 2.87. The predicted molar refractivity (Wildman–Crippen MR) is 50.1 cm³/mol. The molecule has 72 valence electrons. The van der Waals surface area contributed by atoms with Crippen molar-refractivity contribution in [2.75, 3.05) is 0 Å². The Morgan fingerprint density at radius 1 is 1.54 bits per heavy atom. The number of carbonyl (C=O) groups is 1. The lowest BCUT2D eigenvalue weighted by molar-refractivity contribution is -0.145. The lowest BCUT2D eigenvalue weighted by Crippen LogP contribution is -2.49. The molecule has 1 N–H and O–H groups in total. The van der Waals surface area contributed by atoms with Gasteiger partial charge >= 0.3 is 0 Å². The molecule has 2 fully saturated rings. The first-order chi connectivity index (χ1) is 5.82. The van der Waals surface area contributed by atoms with Gasteiger partial charge in [0.2, 0.25) is 0 Å². The van der Waals surface area contributed by atoms with Crippen LogP contribution in [0.4, 0.5) is 0 Å². The van der Waals surface area contributed by atoms with Gasteiger partial charge in [-0.15, -0.1) is 0 Å². The van der Waals surface area contributed by atoms with E-state index in [2.05, 4.69) is 6.58 Å². The number of ketones is 1. The molecule has 0 amide bonds. The summed E-state index contributed by atoms with van der Waals surface area (Å²) in [7, 11) is 0. The summed E-state index contributed by atoms with van der Waals surface area (Å²) < 4.78 is 0. The Bertz CT molecular complexity index is 301. The smallest absolute Gasteiger partial charge is 0.168 e. The summed E-state index contributed by atoms with van der Waals surface area (Å²) in [5.74, 6) is 0.174. The van der Waals surface area contributed by atoms with E-state index in [0.717, 1.165) is 5.57 Å². The van der Waals surface area contributed by atoms with Crippen LogP contribution in [-0.4, -0.2) is 16.5 Å². The van der Waals surface area contributed by atoms with Crippen LogP contribution >= 0.6 is 0 Å². The van der Waals surface area contributed by atoms with Gasteiger partial charge in [-0.3, -0.25) is 4.79 Å². The van der Waals surface area contributed by atoms with Crippen molar-refractivity contribution < 1.29 is 9.90 Å². The van der Waals surface area contributed by atoms with Crippen LogP contribution in [0.3, 0.4) is 0 Å². The lowest BCUT2D eigenvalue weighted by Gasteiger charge is -2.39. The molecule has 2 heteroatoms. The minimum atomic E-state index is -1.13. The second kappa shape index (κ2) is 2.06. The SMILES string of the molecule is C=C1C2CC(O)(C(=O)C2C)C1(C)C. The zero-order valence-electron chi connectivity index (χ0n) is 8.42. The Balaban J connectivity index is 2.55. The summed E-state index contributed by atoms with van der Waals surface area (Å²) in [4.78, 5) is 11.8. The van der Waals surface area contributed by atoms with Crippen molar-refractivity contribution in [2.24, 2.45) is 17.3 Å². The molecule has 0 radical (unpaired) electrons. The Morgan fingerprint density at radius 3 is 2.46 bits per heavy atom. The lowest BCUT2D eigenvalue weighted by atomic mass is 9.67. The molecule has 2 rings (SSSR count). The third kappa shape index (κ3) is 0.715. The predicted octanol–water partition coefficient (Wildman–Crippen LogP) is 1.54. The molecular weight excluding hydrogens is 164 g/mol. The number of fused-ring (bicyclic) bond motifs is 2. The largest absolute Gasteiger partial charge is 0.381 e. The molecule has 2 bridgehead atoms. The van der Waals surface area contributed by atoms with Crippen LogP contribution in [0, 0.1) is 17.3 Å². The van der Waals surface area contributed by atoms with E-state index in [1.54, 1.807) is 0 Å². The molecule has 0 aliphatic heterocycles. The van der Waals surface area contributed by atoms with Gasteiger partial charge in [-0.25, -0.2) is 0 Å². The second-order valence-corrected chi connectivity index (χ2v) is 4.97. The first-order valence-corrected chi connectivity index (χ1v) is 4.78. The van der Waals surface area contributed by atoms with Crippen LogP contribution in [-0.2, 0) is 4.79 Å². The first kappa shape index (κ1) is 8.95. The third-order valence-corrected chi connectivity index (χ3v) is 4.22. The zero-order chi connectivity index (χ0) is 10.0. The normalized spacial score (nSPS) is 47.4. The van der Waals surface area contributed by atoms with Crippen LogP contribution < -0.4 is 0 Å². The molecule has 3 atom stereocenters. The Hall–Kier alpha value is -0.630. The Labute approximate surface area is 78.6 Å². The fraction of sp³-hybridized carbons (Fsp3) is 0.727. The molecule has 2 aliphatic rings. The number of Topliss-reactive ketones (excluding diaryl/α,β-unsaturated/α-hetero) is 1. The number of hydrogen-bond acceptors (Lipinski definition) is 2. The molecule has 2 aliphatic carbocycles. The summed E-state index contributed by atoms with van der Waals surface area (Å²) in [6, 6.07) is 0. The van der Waals surface area contributed by atoms with E-state index in [4.69, 9.17) is 0 Å². The molecule has 0 spiro atoms. The molecule has 13 heavy (non-hydrogen) atoms. The highest BCUT2D eigenvalue weighted by Gasteiger charge is 2.66. The van der Waals surface area contributed by atoms with Crippen molar-refractivity contribution >= 4 is 5.78 Å². The van der Waals surface area contributed by atoms with Crippen LogP contribution in [0.5, 0.6) is 0 Å². The topological polar surface area (TPSA) is 37.3 Å². The minimum absolute atomic E-state index is 0.00917. The minimum Gasteiger partial charge on any atom is -0.381 e. The van der Waals surface area contributed by atoms with E-state index in [0.29, 0.717) is 6.42 Å². The van der Waals surface area contributed by atoms with E-state index in [1.807, 2.05) is 20.8 Å². The van der Waals surface area contributed by atoms with Crippen molar-refractivity contribution in [1.29, 1.82) is 0 Å². The van der Waals surface area contributed by atoms with E-state index in [-0.39, 0.29) is 17.6 Å². The monoisotopic (exact) mass is 180 g/mol. The molecule has 0 saturated heterocycles. The van der Waals surface area contributed by atoms with E-state index >= 15 is 0 Å². The molecule has 0 aromatic heterocycles. The maximum absolute atomic E-state index is 11.8. The van der Waals surface area contributed by atoms with Crippen molar-refractivity contribution in [2.45, 2.75) is 32.8 Å². The highest BCUT2D eigenvalue weighted by Crippen LogP contribution is 2.61. The number of carbonyl (C=O) groups excluding carboxylic acids is 1. The second-order valence-electron chi connectivity index (χ2n) is 4.97. The summed E-state index contributed by atoms with van der Waals surface area (Å²) in [6.45, 7) is 9.73. The maximum atomic E-state index is 11.8. The van der Waals surface area contributed by atoms with E-state index < -0.39 is 11.0 Å². The summed E-state index contributed by atoms with van der Waals surface area (Å²) in [5, 5.41) is 10.3. The highest BCUT2D eigenvalue weighted by atomic mass is 16.3. The number of hydrogen-bond donors (Lipinski definition) is 1. The molecule has 0 aromatic carbocycles. The molecule has 0 heterocycles. The molecule has 2 saturated carbocycles. The van der Waals surface area contributed by atoms with Crippen molar-refractivity contribution in [3.63, 3.8) is 0 Å². The Kier molecular flexibility index (Phi) is 1.42. The number of aliphatic hydroxyl groups is 1. The molecular formula is C11H16O2. The van der Waals surface area contributed by atoms with Crippen LogP contribution in [0.1, 0.15) is 27.2 Å². The number of rotatable bonds is 0. The summed E-state index contributed by atoms with van der Waals surface area (Å²) >= 11 is 0. The van der Waals surface area contributed by atoms with Gasteiger partial charge in [-0.1, -0.05) is 32.9 Å². The molecule has 0 aromatic rings. The van der Waals surface area contributed by atoms with Gasteiger partial charge < -0.3 is 5.11 Å². The van der Waals surface area contributed by atoms with Crippen LogP contribution in [0.15, 0.2) is 12.2 Å². The van der Waals surface area contributed by atoms with Crippen molar-refractivity contribution in [3.8, 4) is 0 Å². The molecule has 2 nitrogen and oxygen atoms in total. The summed E-state index contributed by atoms with van der Waals surface area (Å²) in [6.07, 6.45) is 0.582. The van der Waals surface area contributed by atoms with Gasteiger partial charge in [-0.2, -0.15) is 0 Å². The van der Waals surface area contributed by atoms with Crippen molar-refractivity contribution in [3.05, 3.63) is 12.2 Å². The quantitative estimate of drug-likeness (QED) is 0.574. The molecule has 3 unspecified atom stereocenters. The van der Waals surface area contributed by atoms with Gasteiger partial charge in [0.25, 0.3) is 0 Å². The average Bonchev–Trinajstić information content (AvgIpc) is 2.37. The first-order valence-electron chi connectivity index (χ1n) is 4.78. The van der Waals surface area contributed by atoms with Crippen molar-refractivity contribution in [1.82, 2.24) is 0 Å². The standard InChI is InChI=1S/C11H16O2/c1-6-8-5-11(13,9(6)12)10(3,4)7(8)2/h6,8,13H,2,5H2,1,3-4H3. The van der Waals surface area contributed by atoms with Crippen LogP contribution in [0.2, 0.25) is 0 Å². The Morgan fingerprint density at radius 2 is 2.08 bits per heavy atom. The van der Waals surface area contributed by atoms with Gasteiger partial charge in [-0.05, 0) is 12.3 Å². The van der Waals surface area contributed by atoms with E-state index in [1.165, 1.54) is 0 Å². The van der Waals surface area contributed by atoms with Crippen LogP contribution in [0.25, 0.3) is 0 Å².